The highest BCUT2D eigenvalue weighted by Crippen LogP contribution is 2.41. The summed E-state index contributed by atoms with van der Waals surface area (Å²) in [6, 6.07) is 32.1. The highest BCUT2D eigenvalue weighted by molar-refractivity contribution is 5.93. The highest BCUT2D eigenvalue weighted by atomic mass is 15.0. The average molecular weight is 491 g/mol. The molecule has 0 amide bonds. The molecule has 3 heterocycles. The standard InChI is InChI=1S/C34H26N4/c1-3-7-26-21-28(27-8-6-19-36-34(27)33(26)35-2)23-13-11-22(12-14-23)24-15-17-30-25(20-24)16-18-32-37-29-9-4-5-10-31(29)38(30)32/h3-21,26,33H,2H2,1H3/b7-3-. The number of aromatic nitrogens is 3. The normalized spacial score (nSPS) is 17.2. The fourth-order valence-corrected chi connectivity index (χ4v) is 5.77. The predicted octanol–water partition coefficient (Wildman–Crippen LogP) is 8.08. The van der Waals surface area contributed by atoms with Crippen molar-refractivity contribution < 1.29 is 0 Å². The Kier molecular flexibility index (Phi) is 5.26. The van der Waals surface area contributed by atoms with E-state index in [-0.39, 0.29) is 12.0 Å². The number of aliphatic imine (C=N–C) groups is 1. The molecule has 0 spiro atoms. The zero-order chi connectivity index (χ0) is 25.6. The van der Waals surface area contributed by atoms with Gasteiger partial charge in [-0.1, -0.05) is 66.8 Å². The van der Waals surface area contributed by atoms with Crippen molar-refractivity contribution in [1.29, 1.82) is 0 Å². The van der Waals surface area contributed by atoms with Crippen molar-refractivity contribution >= 4 is 39.9 Å². The molecular formula is C34H26N4. The van der Waals surface area contributed by atoms with Crippen molar-refractivity contribution in [1.82, 2.24) is 14.4 Å². The molecule has 182 valence electrons. The van der Waals surface area contributed by atoms with Gasteiger partial charge in [-0.05, 0) is 83.8 Å². The van der Waals surface area contributed by atoms with Gasteiger partial charge in [-0.25, -0.2) is 4.98 Å². The van der Waals surface area contributed by atoms with E-state index < -0.39 is 0 Å². The van der Waals surface area contributed by atoms with E-state index in [0.29, 0.717) is 0 Å². The predicted molar refractivity (Wildman–Crippen MR) is 158 cm³/mol. The van der Waals surface area contributed by atoms with Crippen LogP contribution >= 0.6 is 0 Å². The molecule has 0 radical (unpaired) electrons. The summed E-state index contributed by atoms with van der Waals surface area (Å²) in [6.45, 7) is 5.89. The van der Waals surface area contributed by atoms with Gasteiger partial charge >= 0.3 is 0 Å². The van der Waals surface area contributed by atoms with Crippen molar-refractivity contribution in [3.8, 4) is 11.1 Å². The second-order valence-electron chi connectivity index (χ2n) is 9.73. The van der Waals surface area contributed by atoms with E-state index in [9.17, 15) is 0 Å². The van der Waals surface area contributed by atoms with Crippen LogP contribution in [0.4, 0.5) is 0 Å². The number of hydrogen-bond acceptors (Lipinski definition) is 3. The van der Waals surface area contributed by atoms with Gasteiger partial charge in [0.1, 0.15) is 11.7 Å². The van der Waals surface area contributed by atoms with E-state index >= 15 is 0 Å². The van der Waals surface area contributed by atoms with Crippen LogP contribution in [0, 0.1) is 5.92 Å². The van der Waals surface area contributed by atoms with Gasteiger partial charge in [-0.3, -0.25) is 14.4 Å². The average Bonchev–Trinajstić information content (AvgIpc) is 3.36. The Morgan fingerprint density at radius 2 is 1.66 bits per heavy atom. The van der Waals surface area contributed by atoms with E-state index in [1.54, 1.807) is 0 Å². The molecule has 1 aliphatic rings. The van der Waals surface area contributed by atoms with Gasteiger partial charge in [-0.15, -0.1) is 0 Å². The van der Waals surface area contributed by atoms with Gasteiger partial charge in [0.05, 0.1) is 22.2 Å². The van der Waals surface area contributed by atoms with Crippen LogP contribution < -0.4 is 0 Å². The van der Waals surface area contributed by atoms with Crippen molar-refractivity contribution in [2.75, 3.05) is 0 Å². The van der Waals surface area contributed by atoms with Crippen LogP contribution in [0.5, 0.6) is 0 Å². The molecule has 0 saturated heterocycles. The summed E-state index contributed by atoms with van der Waals surface area (Å²) >= 11 is 0. The van der Waals surface area contributed by atoms with Crippen LogP contribution in [0.2, 0.25) is 0 Å². The number of para-hydroxylation sites is 2. The zero-order valence-electron chi connectivity index (χ0n) is 21.1. The summed E-state index contributed by atoms with van der Waals surface area (Å²) in [5.74, 6) is 0.131. The molecular weight excluding hydrogens is 464 g/mol. The van der Waals surface area contributed by atoms with Gasteiger partial charge in [-0.2, -0.15) is 0 Å². The fraction of sp³-hybridized carbons (Fsp3) is 0.0882. The lowest BCUT2D eigenvalue weighted by atomic mass is 9.81. The first-order valence-corrected chi connectivity index (χ1v) is 12.9. The van der Waals surface area contributed by atoms with E-state index in [1.807, 2.05) is 25.3 Å². The van der Waals surface area contributed by atoms with Crippen LogP contribution in [0.15, 0.2) is 120 Å². The summed E-state index contributed by atoms with van der Waals surface area (Å²) in [5, 5.41) is 1.19. The molecule has 7 rings (SSSR count). The highest BCUT2D eigenvalue weighted by Gasteiger charge is 2.29. The molecule has 4 heteroatoms. The first-order chi connectivity index (χ1) is 18.7. The van der Waals surface area contributed by atoms with Crippen molar-refractivity contribution in [3.63, 3.8) is 0 Å². The fourth-order valence-electron chi connectivity index (χ4n) is 5.77. The lowest BCUT2D eigenvalue weighted by molar-refractivity contribution is 0.598. The van der Waals surface area contributed by atoms with Crippen LogP contribution in [0.1, 0.15) is 29.8 Å². The minimum Gasteiger partial charge on any atom is -0.292 e. The maximum Gasteiger partial charge on any atom is 0.138 e. The first kappa shape index (κ1) is 22.4. The number of fused-ring (bicyclic) bond motifs is 6. The summed E-state index contributed by atoms with van der Waals surface area (Å²) < 4.78 is 2.24. The lowest BCUT2D eigenvalue weighted by Crippen LogP contribution is -2.16. The maximum absolute atomic E-state index is 4.78. The number of benzene rings is 3. The number of allylic oxidation sites excluding steroid dienone is 1. The zero-order valence-corrected chi connectivity index (χ0v) is 21.1. The molecule has 0 saturated carbocycles. The number of imidazole rings is 1. The molecule has 0 bridgehead atoms. The molecule has 2 atom stereocenters. The van der Waals surface area contributed by atoms with Crippen molar-refractivity contribution in [3.05, 3.63) is 132 Å². The Hall–Kier alpha value is -4.83. The Labute approximate surface area is 221 Å². The van der Waals surface area contributed by atoms with Gasteiger partial charge in [0, 0.05) is 17.7 Å². The number of nitrogens with zero attached hydrogens (tertiary/aromatic N) is 4. The Morgan fingerprint density at radius 3 is 2.50 bits per heavy atom. The summed E-state index contributed by atoms with van der Waals surface area (Å²) in [6.07, 6.45) is 8.40. The third-order valence-electron chi connectivity index (χ3n) is 7.54. The van der Waals surface area contributed by atoms with Gasteiger partial charge in [0.15, 0.2) is 0 Å². The molecule has 2 unspecified atom stereocenters. The minimum atomic E-state index is -0.0675. The van der Waals surface area contributed by atoms with E-state index in [4.69, 9.17) is 9.97 Å². The lowest BCUT2D eigenvalue weighted by Gasteiger charge is -2.27. The maximum atomic E-state index is 4.78. The van der Waals surface area contributed by atoms with E-state index in [1.165, 1.54) is 27.6 Å². The summed E-state index contributed by atoms with van der Waals surface area (Å²) in [5.41, 5.74) is 11.1. The number of pyridine rings is 2. The topological polar surface area (TPSA) is 42.5 Å². The first-order valence-electron chi connectivity index (χ1n) is 12.9. The molecule has 38 heavy (non-hydrogen) atoms. The Bertz CT molecular complexity index is 1910. The Balaban J connectivity index is 1.29. The largest absolute Gasteiger partial charge is 0.292 e. The van der Waals surface area contributed by atoms with Crippen LogP contribution in [0.3, 0.4) is 0 Å². The monoisotopic (exact) mass is 490 g/mol. The molecule has 4 nitrogen and oxygen atoms in total. The molecule has 3 aromatic heterocycles. The van der Waals surface area contributed by atoms with Gasteiger partial charge in [0.2, 0.25) is 0 Å². The van der Waals surface area contributed by atoms with E-state index in [0.717, 1.165) is 33.5 Å². The molecule has 1 aliphatic carbocycles. The quantitative estimate of drug-likeness (QED) is 0.185. The third-order valence-corrected chi connectivity index (χ3v) is 7.54. The van der Waals surface area contributed by atoms with Crippen molar-refractivity contribution in [2.24, 2.45) is 10.9 Å². The number of hydrogen-bond donors (Lipinski definition) is 0. The van der Waals surface area contributed by atoms with Crippen LogP contribution in [-0.4, -0.2) is 21.1 Å². The number of rotatable bonds is 4. The molecule has 0 aliphatic heterocycles. The van der Waals surface area contributed by atoms with Crippen LogP contribution in [0.25, 0.3) is 44.3 Å². The van der Waals surface area contributed by atoms with Gasteiger partial charge < -0.3 is 0 Å². The molecule has 6 aromatic rings. The van der Waals surface area contributed by atoms with Crippen molar-refractivity contribution in [2.45, 2.75) is 13.0 Å². The molecule has 3 aromatic carbocycles. The third kappa shape index (κ3) is 3.49. The summed E-state index contributed by atoms with van der Waals surface area (Å²) in [4.78, 5) is 13.9. The second-order valence-corrected chi connectivity index (χ2v) is 9.73. The molecule has 0 N–H and O–H groups in total. The van der Waals surface area contributed by atoms with Crippen LogP contribution in [-0.2, 0) is 0 Å². The van der Waals surface area contributed by atoms with E-state index in [2.05, 4.69) is 113 Å². The molecule has 0 fully saturated rings. The second kappa shape index (κ2) is 8.93. The Morgan fingerprint density at radius 1 is 0.842 bits per heavy atom. The smallest absolute Gasteiger partial charge is 0.138 e. The van der Waals surface area contributed by atoms with Gasteiger partial charge in [0.25, 0.3) is 0 Å². The minimum absolute atomic E-state index is 0.0675. The summed E-state index contributed by atoms with van der Waals surface area (Å²) in [7, 11) is 0. The SMILES string of the molecule is C=NC1c2ncccc2C(c2ccc(-c3ccc4c(ccc5nc6ccccc6n54)c3)cc2)=CC1/C=C\C.